The van der Waals surface area contributed by atoms with Crippen LogP contribution in [0.4, 0.5) is 18.9 Å². The summed E-state index contributed by atoms with van der Waals surface area (Å²) >= 11 is 0. The number of halogens is 3. The Bertz CT molecular complexity index is 785. The van der Waals surface area contributed by atoms with Gasteiger partial charge in [-0.05, 0) is 54.2 Å². The SMILES string of the molecule is O=C(CCc1ccc(C(F)(F)F)cc1)Nc1cccc2c1CC(O)CC2. The number of aliphatic hydroxyl groups is 1. The topological polar surface area (TPSA) is 49.3 Å². The van der Waals surface area contributed by atoms with E-state index in [4.69, 9.17) is 0 Å². The number of aliphatic hydroxyl groups excluding tert-OH is 1. The molecule has 2 aromatic carbocycles. The van der Waals surface area contributed by atoms with Crippen molar-refractivity contribution in [3.05, 3.63) is 64.7 Å². The summed E-state index contributed by atoms with van der Waals surface area (Å²) in [6.07, 6.45) is -2.19. The van der Waals surface area contributed by atoms with Crippen LogP contribution in [0.2, 0.25) is 0 Å². The van der Waals surface area contributed by atoms with Crippen LogP contribution in [0.1, 0.15) is 35.1 Å². The number of hydrogen-bond donors (Lipinski definition) is 2. The Morgan fingerprint density at radius 2 is 1.88 bits per heavy atom. The number of aryl methyl sites for hydroxylation is 2. The predicted molar refractivity (Wildman–Crippen MR) is 92.9 cm³/mol. The molecule has 0 radical (unpaired) electrons. The van der Waals surface area contributed by atoms with Crippen LogP contribution >= 0.6 is 0 Å². The van der Waals surface area contributed by atoms with Crippen molar-refractivity contribution in [3.8, 4) is 0 Å². The molecule has 2 aromatic rings. The molecule has 3 rings (SSSR count). The molecule has 0 saturated heterocycles. The Morgan fingerprint density at radius 3 is 2.58 bits per heavy atom. The van der Waals surface area contributed by atoms with Crippen LogP contribution in [-0.4, -0.2) is 17.1 Å². The molecule has 138 valence electrons. The molecular formula is C20H20F3NO2. The zero-order valence-corrected chi connectivity index (χ0v) is 14.1. The number of amides is 1. The van der Waals surface area contributed by atoms with Gasteiger partial charge >= 0.3 is 6.18 Å². The lowest BCUT2D eigenvalue weighted by atomic mass is 9.88. The Labute approximate surface area is 149 Å². The summed E-state index contributed by atoms with van der Waals surface area (Å²) in [6.45, 7) is 0. The number of nitrogens with one attached hydrogen (secondary N) is 1. The van der Waals surface area contributed by atoms with Crippen molar-refractivity contribution in [1.82, 2.24) is 0 Å². The van der Waals surface area contributed by atoms with Crippen molar-refractivity contribution in [1.29, 1.82) is 0 Å². The van der Waals surface area contributed by atoms with E-state index in [1.165, 1.54) is 12.1 Å². The molecule has 0 saturated carbocycles. The predicted octanol–water partition coefficient (Wildman–Crippen LogP) is 4.13. The van der Waals surface area contributed by atoms with Gasteiger partial charge in [0, 0.05) is 18.5 Å². The Morgan fingerprint density at radius 1 is 1.15 bits per heavy atom. The highest BCUT2D eigenvalue weighted by atomic mass is 19.4. The van der Waals surface area contributed by atoms with Gasteiger partial charge in [0.25, 0.3) is 0 Å². The van der Waals surface area contributed by atoms with Crippen LogP contribution < -0.4 is 5.32 Å². The van der Waals surface area contributed by atoms with Crippen LogP contribution in [-0.2, 0) is 30.2 Å². The quantitative estimate of drug-likeness (QED) is 0.858. The fraction of sp³-hybridized carbons (Fsp3) is 0.350. The number of rotatable bonds is 4. The van der Waals surface area contributed by atoms with Gasteiger partial charge in [-0.25, -0.2) is 0 Å². The standard InChI is InChI=1S/C20H20F3NO2/c21-20(22,23)15-8-4-13(5-9-15)6-11-19(26)24-18-3-1-2-14-7-10-16(25)12-17(14)18/h1-5,8-9,16,25H,6-7,10-12H2,(H,24,26). The summed E-state index contributed by atoms with van der Waals surface area (Å²) in [5, 5.41) is 12.7. The first-order valence-corrected chi connectivity index (χ1v) is 8.58. The van der Waals surface area contributed by atoms with Crippen molar-refractivity contribution < 1.29 is 23.1 Å². The lowest BCUT2D eigenvalue weighted by Gasteiger charge is -2.23. The molecule has 6 heteroatoms. The van der Waals surface area contributed by atoms with Crippen molar-refractivity contribution >= 4 is 11.6 Å². The largest absolute Gasteiger partial charge is 0.416 e. The van der Waals surface area contributed by atoms with Crippen molar-refractivity contribution in [2.24, 2.45) is 0 Å². The highest BCUT2D eigenvalue weighted by Gasteiger charge is 2.29. The molecular weight excluding hydrogens is 343 g/mol. The highest BCUT2D eigenvalue weighted by Crippen LogP contribution is 2.30. The lowest BCUT2D eigenvalue weighted by molar-refractivity contribution is -0.137. The zero-order valence-electron chi connectivity index (χ0n) is 14.1. The highest BCUT2D eigenvalue weighted by molar-refractivity contribution is 5.91. The molecule has 1 atom stereocenters. The van der Waals surface area contributed by atoms with E-state index >= 15 is 0 Å². The fourth-order valence-corrected chi connectivity index (χ4v) is 3.22. The number of fused-ring (bicyclic) bond motifs is 1. The van der Waals surface area contributed by atoms with Crippen molar-refractivity contribution in [3.63, 3.8) is 0 Å². The number of benzene rings is 2. The first-order valence-electron chi connectivity index (χ1n) is 8.58. The Balaban J connectivity index is 1.60. The minimum atomic E-state index is -4.35. The summed E-state index contributed by atoms with van der Waals surface area (Å²) in [4.78, 5) is 12.2. The van der Waals surface area contributed by atoms with Gasteiger partial charge in [0.2, 0.25) is 5.91 Å². The van der Waals surface area contributed by atoms with Gasteiger partial charge in [0.15, 0.2) is 0 Å². The van der Waals surface area contributed by atoms with E-state index in [1.807, 2.05) is 18.2 Å². The first kappa shape index (κ1) is 18.5. The van der Waals surface area contributed by atoms with Crippen LogP contribution in [0.3, 0.4) is 0 Å². The summed E-state index contributed by atoms with van der Waals surface area (Å²) in [6, 6.07) is 10.5. The second kappa shape index (κ2) is 7.50. The lowest BCUT2D eigenvalue weighted by Crippen LogP contribution is -2.21. The average Bonchev–Trinajstić information content (AvgIpc) is 2.60. The molecule has 0 fully saturated rings. The maximum absolute atomic E-state index is 12.6. The smallest absolute Gasteiger partial charge is 0.393 e. The van der Waals surface area contributed by atoms with Gasteiger partial charge in [0.1, 0.15) is 0 Å². The molecule has 0 aliphatic heterocycles. The summed E-state index contributed by atoms with van der Waals surface area (Å²) in [5.74, 6) is -0.196. The van der Waals surface area contributed by atoms with E-state index in [0.29, 0.717) is 24.1 Å². The number of hydrogen-bond acceptors (Lipinski definition) is 2. The number of anilines is 1. The monoisotopic (exact) mass is 363 g/mol. The Hall–Kier alpha value is -2.34. The molecule has 0 bridgehead atoms. The molecule has 1 aliphatic rings. The van der Waals surface area contributed by atoms with Gasteiger partial charge in [-0.15, -0.1) is 0 Å². The minimum Gasteiger partial charge on any atom is -0.393 e. The minimum absolute atomic E-state index is 0.178. The third-order valence-electron chi connectivity index (χ3n) is 4.66. The van der Waals surface area contributed by atoms with Crippen molar-refractivity contribution in [2.75, 3.05) is 5.32 Å². The number of carbonyl (C=O) groups is 1. The molecule has 26 heavy (non-hydrogen) atoms. The van der Waals surface area contributed by atoms with E-state index in [0.717, 1.165) is 36.1 Å². The second-order valence-electron chi connectivity index (χ2n) is 6.58. The van der Waals surface area contributed by atoms with Gasteiger partial charge in [0.05, 0.1) is 11.7 Å². The molecule has 1 unspecified atom stereocenters. The van der Waals surface area contributed by atoms with E-state index in [2.05, 4.69) is 5.32 Å². The van der Waals surface area contributed by atoms with E-state index in [-0.39, 0.29) is 12.3 Å². The number of alkyl halides is 3. The maximum Gasteiger partial charge on any atom is 0.416 e. The second-order valence-corrected chi connectivity index (χ2v) is 6.58. The number of carbonyl (C=O) groups excluding carboxylic acids is 1. The van der Waals surface area contributed by atoms with Gasteiger partial charge in [-0.3, -0.25) is 4.79 Å². The third-order valence-corrected chi connectivity index (χ3v) is 4.66. The van der Waals surface area contributed by atoms with Crippen LogP contribution in [0.15, 0.2) is 42.5 Å². The maximum atomic E-state index is 12.6. The van der Waals surface area contributed by atoms with Crippen molar-refractivity contribution in [2.45, 2.75) is 44.4 Å². The van der Waals surface area contributed by atoms with Crippen LogP contribution in [0, 0.1) is 0 Å². The van der Waals surface area contributed by atoms with Crippen LogP contribution in [0.5, 0.6) is 0 Å². The van der Waals surface area contributed by atoms with E-state index < -0.39 is 17.8 Å². The van der Waals surface area contributed by atoms with E-state index in [9.17, 15) is 23.1 Å². The van der Waals surface area contributed by atoms with Gasteiger partial charge in [-0.1, -0.05) is 24.3 Å². The third kappa shape index (κ3) is 4.43. The molecule has 0 heterocycles. The normalized spacial score (nSPS) is 16.8. The molecule has 0 aromatic heterocycles. The summed E-state index contributed by atoms with van der Waals surface area (Å²) < 4.78 is 37.7. The fourth-order valence-electron chi connectivity index (χ4n) is 3.22. The summed E-state index contributed by atoms with van der Waals surface area (Å²) in [5.41, 5.74) is 2.79. The molecule has 2 N–H and O–H groups in total. The van der Waals surface area contributed by atoms with E-state index in [1.54, 1.807) is 0 Å². The molecule has 3 nitrogen and oxygen atoms in total. The van der Waals surface area contributed by atoms with Crippen LogP contribution in [0.25, 0.3) is 0 Å². The molecule has 1 amide bonds. The first-order chi connectivity index (χ1) is 12.3. The molecule has 0 spiro atoms. The van der Waals surface area contributed by atoms with Gasteiger partial charge < -0.3 is 10.4 Å². The Kier molecular flexibility index (Phi) is 5.32. The summed E-state index contributed by atoms with van der Waals surface area (Å²) in [7, 11) is 0. The van der Waals surface area contributed by atoms with Gasteiger partial charge in [-0.2, -0.15) is 13.2 Å². The zero-order chi connectivity index (χ0) is 18.7. The molecule has 1 aliphatic carbocycles. The average molecular weight is 363 g/mol.